The van der Waals surface area contributed by atoms with Gasteiger partial charge < -0.3 is 0 Å². The Hall–Kier alpha value is -1.96. The second-order valence-corrected chi connectivity index (χ2v) is 30.8. The van der Waals surface area contributed by atoms with Crippen molar-refractivity contribution in [1.29, 1.82) is 0 Å². The summed E-state index contributed by atoms with van der Waals surface area (Å²) in [5.74, 6) is 0.472. The molecule has 0 radical (unpaired) electrons. The minimum Gasteiger partial charge on any atom is -0.147 e. The average Bonchev–Trinajstić information content (AvgIpc) is 3.68. The van der Waals surface area contributed by atoms with Crippen LogP contribution in [0.5, 0.6) is 0 Å². The molecule has 50 heavy (non-hydrogen) atoms. The van der Waals surface area contributed by atoms with Gasteiger partial charge in [0.05, 0.1) is 0 Å². The van der Waals surface area contributed by atoms with Crippen LogP contribution in [0.4, 0.5) is 0 Å². The molecule has 4 heteroatoms. The van der Waals surface area contributed by atoms with Crippen molar-refractivity contribution < 1.29 is 20.4 Å². The zero-order valence-corrected chi connectivity index (χ0v) is 36.1. The molecule has 0 nitrogen and oxygen atoms in total. The smallest absolute Gasteiger partial charge is 0.147 e. The Morgan fingerprint density at radius 3 is 1.62 bits per heavy atom. The molecule has 2 saturated carbocycles. The molecule has 8 rings (SSSR count). The fourth-order valence-electron chi connectivity index (χ4n) is 13.1. The molecule has 0 amide bonds. The number of benzene rings is 2. The van der Waals surface area contributed by atoms with E-state index in [9.17, 15) is 0 Å². The average molecular weight is 797 g/mol. The van der Waals surface area contributed by atoms with Crippen LogP contribution in [0.25, 0.3) is 0 Å². The van der Waals surface area contributed by atoms with Crippen LogP contribution < -0.4 is 10.4 Å². The summed E-state index contributed by atoms with van der Waals surface area (Å²) in [6.07, 6.45) is 36.5. The van der Waals surface area contributed by atoms with E-state index in [0.717, 1.165) is 6.42 Å². The van der Waals surface area contributed by atoms with Crippen molar-refractivity contribution in [2.75, 3.05) is 0 Å². The molecular formula is C46H54Cl2SiZr. The van der Waals surface area contributed by atoms with Gasteiger partial charge in [0.2, 0.25) is 0 Å². The van der Waals surface area contributed by atoms with Gasteiger partial charge in [-0.15, -0.1) is 24.8 Å². The molecule has 0 spiro atoms. The maximum absolute atomic E-state index is 2.83. The molecular weight excluding hydrogens is 743 g/mol. The standard InChI is InChI=1S/C29H37.C12H10Si.C5H5.2ClH.Zr/c1-21-14-13-15-22-20-27(6)25(4)18-10-9-16-23(25,2)24(3)17-11-12-19-26(24,5)29(27,8)28(21,22)7;1-3-7-11(8-4-1)13-12-9-5-2-6-10-12;1-2-4-5-3-1;;;/h9-20,22H,1-8H3;1-10H;1-3H,4H2;2*1H;. The summed E-state index contributed by atoms with van der Waals surface area (Å²) in [7, 11) is 0. The molecule has 0 saturated heterocycles. The first-order valence-corrected chi connectivity index (χ1v) is 26.0. The molecule has 2 aromatic rings. The fourth-order valence-corrected chi connectivity index (χ4v) is 38.6. The van der Waals surface area contributed by atoms with Gasteiger partial charge in [-0.2, -0.15) is 0 Å². The molecule has 9 atom stereocenters. The molecule has 6 aliphatic rings. The molecule has 9 unspecified atom stereocenters. The Morgan fingerprint density at radius 1 is 0.600 bits per heavy atom. The van der Waals surface area contributed by atoms with Crippen molar-refractivity contribution in [2.24, 2.45) is 43.8 Å². The van der Waals surface area contributed by atoms with Gasteiger partial charge in [-0.1, -0.05) is 0 Å². The van der Waals surface area contributed by atoms with Crippen LogP contribution >= 0.6 is 24.8 Å². The number of hydrogen-bond acceptors (Lipinski definition) is 0. The summed E-state index contributed by atoms with van der Waals surface area (Å²) < 4.78 is 2.42. The first-order valence-electron chi connectivity index (χ1n) is 18.2. The van der Waals surface area contributed by atoms with Gasteiger partial charge >= 0.3 is 300 Å². The Bertz CT molecular complexity index is 1940. The molecule has 0 N–H and O–H groups in total. The van der Waals surface area contributed by atoms with Gasteiger partial charge in [0.1, 0.15) is 0 Å². The number of fused-ring (bicyclic) bond motifs is 8. The van der Waals surface area contributed by atoms with E-state index in [1.807, 2.05) is 3.28 Å². The Morgan fingerprint density at radius 2 is 1.10 bits per heavy atom. The Labute approximate surface area is 322 Å². The van der Waals surface area contributed by atoms with Crippen molar-refractivity contribution in [3.63, 3.8) is 0 Å². The van der Waals surface area contributed by atoms with Crippen LogP contribution in [0.1, 0.15) is 61.8 Å². The summed E-state index contributed by atoms with van der Waals surface area (Å²) in [5, 5.41) is 3.22. The topological polar surface area (TPSA) is 0 Å². The van der Waals surface area contributed by atoms with E-state index >= 15 is 0 Å². The fraction of sp³-hybridized carbons (Fsp3) is 0.391. The maximum Gasteiger partial charge on any atom is -0.147 e. The van der Waals surface area contributed by atoms with E-state index in [4.69, 9.17) is 0 Å². The van der Waals surface area contributed by atoms with E-state index in [1.54, 1.807) is 15.9 Å². The minimum atomic E-state index is -2.71. The Kier molecular flexibility index (Phi) is 9.50. The van der Waals surface area contributed by atoms with Crippen LogP contribution in [0.2, 0.25) is 3.63 Å². The van der Waals surface area contributed by atoms with Crippen LogP contribution in [0, 0.1) is 43.8 Å². The number of halogens is 2. The largest absolute Gasteiger partial charge is 0.147 e. The predicted octanol–water partition coefficient (Wildman–Crippen LogP) is 11.3. The van der Waals surface area contributed by atoms with Gasteiger partial charge in [0, 0.05) is 0 Å². The van der Waals surface area contributed by atoms with Crippen molar-refractivity contribution in [1.82, 2.24) is 0 Å². The van der Waals surface area contributed by atoms with E-state index in [-0.39, 0.29) is 62.7 Å². The summed E-state index contributed by atoms with van der Waals surface area (Å²) in [5.41, 5.74) is 0.0927. The third-order valence-corrected chi connectivity index (χ3v) is 37.1. The van der Waals surface area contributed by atoms with Crippen molar-refractivity contribution in [2.45, 2.75) is 65.4 Å². The molecule has 0 heterocycles. The van der Waals surface area contributed by atoms with E-state index in [2.05, 4.69) is 201 Å². The van der Waals surface area contributed by atoms with Crippen LogP contribution in [-0.2, 0) is 20.4 Å². The summed E-state index contributed by atoms with van der Waals surface area (Å²) in [6.45, 7) is 21.5. The maximum atomic E-state index is 2.83. The molecule has 6 aliphatic carbocycles. The van der Waals surface area contributed by atoms with E-state index < -0.39 is 25.8 Å². The normalized spacial score (nSPS) is 41.1. The van der Waals surface area contributed by atoms with Gasteiger partial charge in [-0.05, 0) is 0 Å². The first kappa shape index (κ1) is 37.8. The molecule has 0 aromatic heterocycles. The van der Waals surface area contributed by atoms with E-state index in [1.165, 1.54) is 0 Å². The van der Waals surface area contributed by atoms with Crippen molar-refractivity contribution >= 4 is 40.6 Å². The van der Waals surface area contributed by atoms with Crippen LogP contribution in [0.3, 0.4) is 0 Å². The molecule has 2 fully saturated rings. The zero-order chi connectivity index (χ0) is 33.8. The third-order valence-electron chi connectivity index (χ3n) is 16.3. The summed E-state index contributed by atoms with van der Waals surface area (Å²) >= 11 is -2.71. The van der Waals surface area contributed by atoms with E-state index in [0.29, 0.717) is 9.54 Å². The van der Waals surface area contributed by atoms with Crippen LogP contribution in [0.15, 0.2) is 155 Å². The number of rotatable bonds is 4. The van der Waals surface area contributed by atoms with Gasteiger partial charge in [0.25, 0.3) is 0 Å². The quantitative estimate of drug-likeness (QED) is 0.270. The zero-order valence-electron chi connectivity index (χ0n) is 31.0. The third kappa shape index (κ3) is 4.15. The van der Waals surface area contributed by atoms with Gasteiger partial charge in [0.15, 0.2) is 0 Å². The number of allylic oxidation sites excluding steroid dienone is 16. The van der Waals surface area contributed by atoms with Gasteiger partial charge in [-0.25, -0.2) is 0 Å². The molecule has 2 aromatic carbocycles. The molecule has 260 valence electrons. The molecule has 0 aliphatic heterocycles. The second-order valence-electron chi connectivity index (χ2n) is 16.9. The SMILES string of the molecule is CC1=CC=CC2[CH]([Zr]([C]3=CC=CC3)=[Si](c3ccccc3)c3ccccc3)C3(C)C4(C)C=CC=CC4(C)C4(C)C=CC=CC4(C)C3(C)C12C.Cl.Cl. The monoisotopic (exact) mass is 794 g/mol. The van der Waals surface area contributed by atoms with Crippen molar-refractivity contribution in [3.8, 4) is 0 Å². The van der Waals surface area contributed by atoms with Crippen LogP contribution in [-0.4, -0.2) is 5.43 Å². The number of hydrogen-bond donors (Lipinski definition) is 0. The van der Waals surface area contributed by atoms with Gasteiger partial charge in [-0.3, -0.25) is 0 Å². The summed E-state index contributed by atoms with van der Waals surface area (Å²) in [4.78, 5) is 0. The second kappa shape index (κ2) is 12.6. The summed E-state index contributed by atoms with van der Waals surface area (Å²) in [6, 6.07) is 23.6. The first-order chi connectivity index (χ1) is 22.9. The Balaban J connectivity index is 0.00000216. The minimum absolute atomic E-state index is 0. The van der Waals surface area contributed by atoms with Crippen molar-refractivity contribution in [3.05, 3.63) is 155 Å². The predicted molar refractivity (Wildman–Crippen MR) is 218 cm³/mol. The molecule has 0 bridgehead atoms.